The molecule has 1 aromatic carbocycles. The summed E-state index contributed by atoms with van der Waals surface area (Å²) in [6, 6.07) is 6.03. The van der Waals surface area contributed by atoms with E-state index >= 15 is 0 Å². The first kappa shape index (κ1) is 16.9. The van der Waals surface area contributed by atoms with Gasteiger partial charge in [-0.05, 0) is 57.3 Å². The summed E-state index contributed by atoms with van der Waals surface area (Å²) < 4.78 is 16.0. The SMILES string of the molecule is Cc1nn(-c2ccc(F)cc2)c(C)c1/C=N\n1c(=S)[nH]nc(C)c1=O. The number of hydrogen-bond donors (Lipinski definition) is 1. The highest BCUT2D eigenvalue weighted by Gasteiger charge is 2.12. The van der Waals surface area contributed by atoms with Gasteiger partial charge in [-0.25, -0.2) is 9.07 Å². The summed E-state index contributed by atoms with van der Waals surface area (Å²) in [5, 5.41) is 15.0. The van der Waals surface area contributed by atoms with E-state index in [1.54, 1.807) is 23.7 Å². The van der Waals surface area contributed by atoms with Gasteiger partial charge in [-0.1, -0.05) is 0 Å². The van der Waals surface area contributed by atoms with E-state index < -0.39 is 0 Å². The van der Waals surface area contributed by atoms with Crippen LogP contribution in [0.25, 0.3) is 5.69 Å². The van der Waals surface area contributed by atoms with Gasteiger partial charge < -0.3 is 0 Å². The minimum absolute atomic E-state index is 0.105. The monoisotopic (exact) mass is 358 g/mol. The maximum atomic E-state index is 13.1. The van der Waals surface area contributed by atoms with Gasteiger partial charge in [0, 0.05) is 5.56 Å². The van der Waals surface area contributed by atoms with Crippen molar-refractivity contribution in [3.63, 3.8) is 0 Å². The van der Waals surface area contributed by atoms with Crippen LogP contribution in [0, 0.1) is 31.4 Å². The van der Waals surface area contributed by atoms with E-state index in [4.69, 9.17) is 12.2 Å². The van der Waals surface area contributed by atoms with E-state index in [1.165, 1.54) is 18.3 Å². The number of hydrogen-bond acceptors (Lipinski definition) is 5. The molecule has 2 aromatic heterocycles. The molecule has 3 rings (SSSR count). The summed E-state index contributed by atoms with van der Waals surface area (Å²) in [5.74, 6) is -0.311. The van der Waals surface area contributed by atoms with Crippen LogP contribution in [0.5, 0.6) is 0 Å². The summed E-state index contributed by atoms with van der Waals surface area (Å²) in [4.78, 5) is 12.1. The third-order valence-corrected chi connectivity index (χ3v) is 4.00. The molecule has 0 amide bonds. The molecule has 25 heavy (non-hydrogen) atoms. The summed E-state index contributed by atoms with van der Waals surface area (Å²) in [7, 11) is 0. The van der Waals surface area contributed by atoms with Gasteiger partial charge in [-0.3, -0.25) is 9.89 Å². The van der Waals surface area contributed by atoms with Crippen LogP contribution < -0.4 is 5.56 Å². The molecule has 0 bridgehead atoms. The number of nitrogens with zero attached hydrogens (tertiary/aromatic N) is 5. The minimum Gasteiger partial charge on any atom is -0.265 e. The Morgan fingerprint density at radius 2 is 1.88 bits per heavy atom. The van der Waals surface area contributed by atoms with Crippen LogP contribution in [-0.2, 0) is 0 Å². The van der Waals surface area contributed by atoms with E-state index in [0.29, 0.717) is 0 Å². The fraction of sp³-hybridized carbons (Fsp3) is 0.188. The zero-order valence-corrected chi connectivity index (χ0v) is 14.6. The van der Waals surface area contributed by atoms with Gasteiger partial charge in [-0.15, -0.1) is 0 Å². The fourth-order valence-electron chi connectivity index (χ4n) is 2.37. The van der Waals surface area contributed by atoms with Crippen LogP contribution in [0.2, 0.25) is 0 Å². The molecule has 0 aliphatic carbocycles. The number of rotatable bonds is 3. The summed E-state index contributed by atoms with van der Waals surface area (Å²) in [6.45, 7) is 5.27. The molecule has 128 valence electrons. The van der Waals surface area contributed by atoms with E-state index in [1.807, 2.05) is 13.8 Å². The molecule has 9 heteroatoms. The standard InChI is InChI=1S/C16H15FN6OS/c1-9-14(8-18-23-15(24)10(2)19-20-16(23)25)11(3)22(21-9)13-6-4-12(17)5-7-13/h4-8H,1-3H3,(H,20,25)/b18-8-. The molecule has 2 heterocycles. The lowest BCUT2D eigenvalue weighted by Gasteiger charge is -2.04. The van der Waals surface area contributed by atoms with Crippen molar-refractivity contribution < 1.29 is 4.39 Å². The van der Waals surface area contributed by atoms with E-state index in [2.05, 4.69) is 20.4 Å². The number of benzene rings is 1. The number of H-pyrrole nitrogens is 1. The molecule has 0 fully saturated rings. The van der Waals surface area contributed by atoms with Gasteiger partial charge in [0.1, 0.15) is 11.5 Å². The van der Waals surface area contributed by atoms with Crippen molar-refractivity contribution in [3.05, 3.63) is 67.9 Å². The van der Waals surface area contributed by atoms with Crippen LogP contribution in [0.15, 0.2) is 34.2 Å². The first-order valence-electron chi connectivity index (χ1n) is 7.43. The van der Waals surface area contributed by atoms with Crippen molar-refractivity contribution in [2.45, 2.75) is 20.8 Å². The summed E-state index contributed by atoms with van der Waals surface area (Å²) in [5.41, 5.74) is 2.89. The third kappa shape index (κ3) is 3.18. The second-order valence-electron chi connectivity index (χ2n) is 5.45. The van der Waals surface area contributed by atoms with Crippen molar-refractivity contribution in [1.29, 1.82) is 0 Å². The van der Waals surface area contributed by atoms with Crippen molar-refractivity contribution in [1.82, 2.24) is 24.7 Å². The van der Waals surface area contributed by atoms with Crippen molar-refractivity contribution in [2.24, 2.45) is 5.10 Å². The lowest BCUT2D eigenvalue weighted by molar-refractivity contribution is 0.627. The van der Waals surface area contributed by atoms with E-state index in [9.17, 15) is 9.18 Å². The lowest BCUT2D eigenvalue weighted by Crippen LogP contribution is -2.22. The highest BCUT2D eigenvalue weighted by atomic mass is 32.1. The highest BCUT2D eigenvalue weighted by Crippen LogP contribution is 2.16. The van der Waals surface area contributed by atoms with Crippen LogP contribution in [0.1, 0.15) is 22.6 Å². The molecule has 0 radical (unpaired) electrons. The largest absolute Gasteiger partial charge is 0.296 e. The number of nitrogens with one attached hydrogen (secondary N) is 1. The van der Waals surface area contributed by atoms with Crippen molar-refractivity contribution in [2.75, 3.05) is 0 Å². The molecule has 0 aliphatic rings. The predicted molar refractivity (Wildman–Crippen MR) is 94.4 cm³/mol. The van der Waals surface area contributed by atoms with E-state index in [-0.39, 0.29) is 21.8 Å². The van der Waals surface area contributed by atoms with Gasteiger partial charge >= 0.3 is 0 Å². The molecule has 0 unspecified atom stereocenters. The summed E-state index contributed by atoms with van der Waals surface area (Å²) >= 11 is 5.05. The Morgan fingerprint density at radius 1 is 1.20 bits per heavy atom. The zero-order valence-electron chi connectivity index (χ0n) is 13.8. The van der Waals surface area contributed by atoms with E-state index in [0.717, 1.165) is 27.3 Å². The van der Waals surface area contributed by atoms with Crippen LogP contribution >= 0.6 is 12.2 Å². The van der Waals surface area contributed by atoms with Crippen molar-refractivity contribution in [3.8, 4) is 5.69 Å². The Labute approximate surface area is 147 Å². The Bertz CT molecular complexity index is 1080. The number of aromatic amines is 1. The smallest absolute Gasteiger partial charge is 0.265 e. The van der Waals surface area contributed by atoms with Gasteiger partial charge in [0.2, 0.25) is 4.77 Å². The van der Waals surface area contributed by atoms with Gasteiger partial charge in [0.05, 0.1) is 23.3 Å². The van der Waals surface area contributed by atoms with Gasteiger partial charge in [0.25, 0.3) is 5.56 Å². The highest BCUT2D eigenvalue weighted by molar-refractivity contribution is 7.71. The first-order valence-corrected chi connectivity index (χ1v) is 7.84. The molecule has 1 N–H and O–H groups in total. The first-order chi connectivity index (χ1) is 11.9. The zero-order chi connectivity index (χ0) is 18.1. The Kier molecular flexibility index (Phi) is 4.41. The third-order valence-electron chi connectivity index (χ3n) is 3.73. The van der Waals surface area contributed by atoms with Crippen LogP contribution in [-0.4, -0.2) is 30.9 Å². The molecule has 0 atom stereocenters. The topological polar surface area (TPSA) is 80.9 Å². The quantitative estimate of drug-likeness (QED) is 0.576. The molecular weight excluding hydrogens is 343 g/mol. The average molecular weight is 358 g/mol. The average Bonchev–Trinajstić information content (AvgIpc) is 2.87. The van der Waals surface area contributed by atoms with Crippen LogP contribution in [0.3, 0.4) is 0 Å². The fourth-order valence-corrected chi connectivity index (χ4v) is 2.54. The second-order valence-corrected chi connectivity index (χ2v) is 5.84. The molecule has 0 saturated heterocycles. The molecule has 7 nitrogen and oxygen atoms in total. The molecule has 0 spiro atoms. The minimum atomic E-state index is -0.388. The number of aryl methyl sites for hydroxylation is 2. The second kappa shape index (κ2) is 6.52. The maximum Gasteiger partial charge on any atom is 0.296 e. The van der Waals surface area contributed by atoms with Gasteiger partial charge in [0.15, 0.2) is 0 Å². The van der Waals surface area contributed by atoms with Crippen molar-refractivity contribution >= 4 is 18.4 Å². The molecule has 0 saturated carbocycles. The number of aromatic nitrogens is 5. The Morgan fingerprint density at radius 3 is 2.56 bits per heavy atom. The normalized spacial score (nSPS) is 11.4. The molecule has 0 aliphatic heterocycles. The predicted octanol–water partition coefficient (Wildman–Crippen LogP) is 2.43. The summed E-state index contributed by atoms with van der Waals surface area (Å²) in [6.07, 6.45) is 1.53. The Balaban J connectivity index is 2.05. The number of halogens is 1. The van der Waals surface area contributed by atoms with Crippen LogP contribution in [0.4, 0.5) is 4.39 Å². The molecular formula is C16H15FN6OS. The van der Waals surface area contributed by atoms with Gasteiger partial charge in [-0.2, -0.15) is 20.0 Å². The maximum absolute atomic E-state index is 13.1. The lowest BCUT2D eigenvalue weighted by atomic mass is 10.2. The Hall–Kier alpha value is -2.94. The molecule has 3 aromatic rings.